The molecule has 7 heteroatoms. The van der Waals surface area contributed by atoms with E-state index in [1.807, 2.05) is 29.6 Å². The van der Waals surface area contributed by atoms with Crippen LogP contribution in [-0.4, -0.2) is 43.0 Å². The molecule has 2 heterocycles. The van der Waals surface area contributed by atoms with Gasteiger partial charge in [-0.2, -0.15) is 0 Å². The van der Waals surface area contributed by atoms with Crippen molar-refractivity contribution in [2.45, 2.75) is 19.3 Å². The Balaban J connectivity index is 1.15. The fourth-order valence-electron chi connectivity index (χ4n) is 3.97. The minimum atomic E-state index is -0.425. The summed E-state index contributed by atoms with van der Waals surface area (Å²) in [6, 6.07) is 15.0. The summed E-state index contributed by atoms with van der Waals surface area (Å²) in [7, 11) is 0. The van der Waals surface area contributed by atoms with Crippen LogP contribution in [0.1, 0.15) is 29.6 Å². The fourth-order valence-corrected chi connectivity index (χ4v) is 4.91. The molecule has 0 bridgehead atoms. The molecule has 1 aliphatic heterocycles. The number of rotatable bonds is 7. The van der Waals surface area contributed by atoms with Crippen molar-refractivity contribution in [1.29, 1.82) is 0 Å². The molecule has 4 rings (SSSR count). The van der Waals surface area contributed by atoms with Crippen LogP contribution < -0.4 is 5.32 Å². The van der Waals surface area contributed by atoms with Crippen LogP contribution in [0.3, 0.4) is 0 Å². The Hall–Kier alpha value is -2.41. The molecule has 0 atom stereocenters. The lowest BCUT2D eigenvalue weighted by Crippen LogP contribution is -2.37. The second-order valence-electron chi connectivity index (χ2n) is 7.74. The standard InChI is InChI=1S/C24H25ClN2O3S/c25-19-7-5-17(6-8-19)23(28)18-9-13-27(14-10-18)12-2-15-30-24(29)26-21-3-1-4-22-20(21)11-16-31-22/h1,3-8,11,16,18H,2,9-10,12-15H2,(H,26,29). The summed E-state index contributed by atoms with van der Waals surface area (Å²) in [6.45, 7) is 3.00. The van der Waals surface area contributed by atoms with Crippen molar-refractivity contribution in [3.8, 4) is 0 Å². The average molecular weight is 457 g/mol. The van der Waals surface area contributed by atoms with E-state index in [4.69, 9.17) is 16.3 Å². The number of carbonyl (C=O) groups is 2. The molecule has 3 aromatic rings. The van der Waals surface area contributed by atoms with Gasteiger partial charge < -0.3 is 9.64 Å². The van der Waals surface area contributed by atoms with Gasteiger partial charge in [-0.3, -0.25) is 10.1 Å². The number of ketones is 1. The Morgan fingerprint density at radius 2 is 1.87 bits per heavy atom. The molecule has 1 aromatic heterocycles. The molecule has 2 aromatic carbocycles. The quantitative estimate of drug-likeness (QED) is 0.345. The SMILES string of the molecule is O=C(Nc1cccc2sccc12)OCCCN1CCC(C(=O)c2ccc(Cl)cc2)CC1. The third-order valence-corrected chi connectivity index (χ3v) is 6.81. The first-order chi connectivity index (χ1) is 15.1. The first-order valence-corrected chi connectivity index (χ1v) is 11.8. The van der Waals surface area contributed by atoms with Gasteiger partial charge in [-0.25, -0.2) is 4.79 Å². The van der Waals surface area contributed by atoms with E-state index in [2.05, 4.69) is 10.2 Å². The zero-order valence-electron chi connectivity index (χ0n) is 17.2. The van der Waals surface area contributed by atoms with Crippen LogP contribution in [0.25, 0.3) is 10.1 Å². The Morgan fingerprint density at radius 1 is 1.10 bits per heavy atom. The van der Waals surface area contributed by atoms with Gasteiger partial charge in [0.15, 0.2) is 5.78 Å². The monoisotopic (exact) mass is 456 g/mol. The highest BCUT2D eigenvalue weighted by molar-refractivity contribution is 7.17. The summed E-state index contributed by atoms with van der Waals surface area (Å²) in [5.74, 6) is 0.274. The Kier molecular flexibility index (Phi) is 7.22. The number of hydrogen-bond donors (Lipinski definition) is 1. The van der Waals surface area contributed by atoms with Gasteiger partial charge in [-0.1, -0.05) is 17.7 Å². The molecule has 0 saturated carbocycles. The van der Waals surface area contributed by atoms with E-state index in [9.17, 15) is 9.59 Å². The molecule has 0 aliphatic carbocycles. The first kappa shape index (κ1) is 21.8. The van der Waals surface area contributed by atoms with Gasteiger partial charge >= 0.3 is 6.09 Å². The van der Waals surface area contributed by atoms with Crippen LogP contribution >= 0.6 is 22.9 Å². The van der Waals surface area contributed by atoms with Crippen LogP contribution in [0.2, 0.25) is 5.02 Å². The Morgan fingerprint density at radius 3 is 2.65 bits per heavy atom. The van der Waals surface area contributed by atoms with Crippen molar-refractivity contribution in [3.05, 3.63) is 64.5 Å². The van der Waals surface area contributed by atoms with Gasteiger partial charge in [-0.05, 0) is 80.2 Å². The van der Waals surface area contributed by atoms with E-state index < -0.39 is 6.09 Å². The molecule has 0 spiro atoms. The Labute approximate surface area is 191 Å². The van der Waals surface area contributed by atoms with E-state index in [1.165, 1.54) is 0 Å². The van der Waals surface area contributed by atoms with Gasteiger partial charge in [0.25, 0.3) is 0 Å². The van der Waals surface area contributed by atoms with E-state index in [-0.39, 0.29) is 11.7 Å². The molecule has 1 amide bonds. The molecular weight excluding hydrogens is 432 g/mol. The van der Waals surface area contributed by atoms with E-state index >= 15 is 0 Å². The van der Waals surface area contributed by atoms with Gasteiger partial charge in [0.1, 0.15) is 0 Å². The largest absolute Gasteiger partial charge is 0.449 e. The number of halogens is 1. The summed E-state index contributed by atoms with van der Waals surface area (Å²) in [5.41, 5.74) is 1.51. The summed E-state index contributed by atoms with van der Waals surface area (Å²) >= 11 is 7.55. The second-order valence-corrected chi connectivity index (χ2v) is 9.12. The smallest absolute Gasteiger partial charge is 0.411 e. The number of amides is 1. The maximum Gasteiger partial charge on any atom is 0.411 e. The van der Waals surface area contributed by atoms with Crippen molar-refractivity contribution in [2.75, 3.05) is 31.6 Å². The number of likely N-dealkylation sites (tertiary alicyclic amines) is 1. The third-order valence-electron chi connectivity index (χ3n) is 5.67. The van der Waals surface area contributed by atoms with Crippen molar-refractivity contribution < 1.29 is 14.3 Å². The maximum absolute atomic E-state index is 12.6. The second kappa shape index (κ2) is 10.3. The summed E-state index contributed by atoms with van der Waals surface area (Å²) in [5, 5.41) is 6.51. The van der Waals surface area contributed by atoms with Crippen LogP contribution in [0.4, 0.5) is 10.5 Å². The van der Waals surface area contributed by atoms with Gasteiger partial charge in [0, 0.05) is 33.1 Å². The highest BCUT2D eigenvalue weighted by atomic mass is 35.5. The topological polar surface area (TPSA) is 58.6 Å². The molecule has 0 radical (unpaired) electrons. The summed E-state index contributed by atoms with van der Waals surface area (Å²) in [6.07, 6.45) is 2.05. The van der Waals surface area contributed by atoms with Crippen molar-refractivity contribution in [2.24, 2.45) is 5.92 Å². The number of benzene rings is 2. The van der Waals surface area contributed by atoms with Gasteiger partial charge in [0.05, 0.1) is 12.3 Å². The van der Waals surface area contributed by atoms with E-state index in [0.717, 1.165) is 60.2 Å². The molecule has 1 saturated heterocycles. The number of piperidine rings is 1. The maximum atomic E-state index is 12.6. The number of thiophene rings is 1. The molecule has 1 N–H and O–H groups in total. The molecule has 1 aliphatic rings. The molecule has 31 heavy (non-hydrogen) atoms. The number of fused-ring (bicyclic) bond motifs is 1. The molecule has 5 nitrogen and oxygen atoms in total. The van der Waals surface area contributed by atoms with E-state index in [0.29, 0.717) is 11.6 Å². The highest BCUT2D eigenvalue weighted by Crippen LogP contribution is 2.28. The predicted molar refractivity (Wildman–Crippen MR) is 126 cm³/mol. The normalized spacial score (nSPS) is 15.1. The zero-order chi connectivity index (χ0) is 21.6. The van der Waals surface area contributed by atoms with Crippen LogP contribution in [0.5, 0.6) is 0 Å². The number of Topliss-reactive ketones (excluding diaryl/α,β-unsaturated/α-hetero) is 1. The molecule has 162 valence electrons. The van der Waals surface area contributed by atoms with Crippen LogP contribution in [0.15, 0.2) is 53.9 Å². The highest BCUT2D eigenvalue weighted by Gasteiger charge is 2.25. The molecule has 1 fully saturated rings. The minimum Gasteiger partial charge on any atom is -0.449 e. The number of hydrogen-bond acceptors (Lipinski definition) is 5. The summed E-state index contributed by atoms with van der Waals surface area (Å²) in [4.78, 5) is 27.1. The molecular formula is C24H25ClN2O3S. The average Bonchev–Trinajstić information content (AvgIpc) is 3.27. The van der Waals surface area contributed by atoms with Crippen molar-refractivity contribution >= 4 is 50.6 Å². The van der Waals surface area contributed by atoms with Gasteiger partial charge in [-0.15, -0.1) is 11.3 Å². The third kappa shape index (κ3) is 5.64. The first-order valence-electron chi connectivity index (χ1n) is 10.5. The number of nitrogens with zero attached hydrogens (tertiary/aromatic N) is 1. The van der Waals surface area contributed by atoms with Crippen LogP contribution in [-0.2, 0) is 4.74 Å². The summed E-state index contributed by atoms with van der Waals surface area (Å²) < 4.78 is 6.49. The lowest BCUT2D eigenvalue weighted by atomic mass is 9.89. The lowest BCUT2D eigenvalue weighted by Gasteiger charge is -2.31. The minimum absolute atomic E-state index is 0.0688. The fraction of sp³-hybridized carbons (Fsp3) is 0.333. The van der Waals surface area contributed by atoms with Crippen LogP contribution in [0, 0.1) is 5.92 Å². The zero-order valence-corrected chi connectivity index (χ0v) is 18.8. The number of anilines is 1. The van der Waals surface area contributed by atoms with Crippen molar-refractivity contribution in [3.63, 3.8) is 0 Å². The lowest BCUT2D eigenvalue weighted by molar-refractivity contribution is 0.0830. The van der Waals surface area contributed by atoms with Crippen molar-refractivity contribution in [1.82, 2.24) is 4.90 Å². The van der Waals surface area contributed by atoms with Gasteiger partial charge in [0.2, 0.25) is 0 Å². The Bertz CT molecular complexity index is 1040. The number of carbonyl (C=O) groups excluding carboxylic acids is 2. The molecule has 0 unspecified atom stereocenters. The van der Waals surface area contributed by atoms with E-state index in [1.54, 1.807) is 35.6 Å². The number of ether oxygens (including phenoxy) is 1. The predicted octanol–water partition coefficient (Wildman–Crippen LogP) is 6.09. The number of nitrogens with one attached hydrogen (secondary N) is 1.